The zero-order chi connectivity index (χ0) is 22.6. The second kappa shape index (κ2) is 9.37. The lowest BCUT2D eigenvalue weighted by Gasteiger charge is -2.23. The Bertz CT molecular complexity index is 1220. The van der Waals surface area contributed by atoms with E-state index in [0.717, 1.165) is 15.4 Å². The predicted molar refractivity (Wildman–Crippen MR) is 124 cm³/mol. The first-order valence-corrected chi connectivity index (χ1v) is 11.3. The van der Waals surface area contributed by atoms with Crippen molar-refractivity contribution in [3.8, 4) is 5.75 Å². The summed E-state index contributed by atoms with van der Waals surface area (Å²) in [6.07, 6.45) is 2.81. The van der Waals surface area contributed by atoms with E-state index < -0.39 is 15.9 Å². The number of benzene rings is 3. The topological polar surface area (TPSA) is 63.7 Å². The number of carbonyl (C=O) groups excluding carboxylic acids is 1. The summed E-state index contributed by atoms with van der Waals surface area (Å²) in [6.45, 7) is 3.60. The molecule has 0 saturated carbocycles. The lowest BCUT2D eigenvalue weighted by atomic mass is 10.1. The number of rotatable bonds is 6. The molecule has 0 N–H and O–H groups in total. The maximum Gasteiger partial charge on any atom is 0.271 e. The quantitative estimate of drug-likeness (QED) is 0.467. The zero-order valence-electron chi connectivity index (χ0n) is 17.4. The molecule has 160 valence electrons. The number of hydrogen-bond donors (Lipinski definition) is 0. The Morgan fingerprint density at radius 1 is 0.968 bits per heavy atom. The summed E-state index contributed by atoms with van der Waals surface area (Å²) in [5, 5.41) is 0.406. The van der Waals surface area contributed by atoms with Gasteiger partial charge in [0, 0.05) is 11.1 Å². The third kappa shape index (κ3) is 5.16. The Balaban J connectivity index is 2.06. The predicted octanol–water partition coefficient (Wildman–Crippen LogP) is 5.40. The summed E-state index contributed by atoms with van der Waals surface area (Å²) in [5.74, 6) is 0.00488. The number of anilines is 1. The van der Waals surface area contributed by atoms with E-state index in [-0.39, 0.29) is 4.90 Å². The van der Waals surface area contributed by atoms with Crippen molar-refractivity contribution in [3.05, 3.63) is 94.5 Å². The molecule has 5 nitrogen and oxygen atoms in total. The second-order valence-corrected chi connectivity index (χ2v) is 9.18. The minimum atomic E-state index is -4.17. The molecule has 31 heavy (non-hydrogen) atoms. The molecule has 0 aliphatic heterocycles. The van der Waals surface area contributed by atoms with Gasteiger partial charge in [-0.1, -0.05) is 35.9 Å². The van der Waals surface area contributed by atoms with Crippen LogP contribution in [0.2, 0.25) is 5.02 Å². The summed E-state index contributed by atoms with van der Waals surface area (Å²) in [4.78, 5) is 13.2. The van der Waals surface area contributed by atoms with Gasteiger partial charge in [0.2, 0.25) is 0 Å². The fraction of sp³-hybridized carbons (Fsp3) is 0.125. The van der Waals surface area contributed by atoms with Crippen molar-refractivity contribution in [2.24, 2.45) is 0 Å². The molecule has 3 aromatic rings. The summed E-state index contributed by atoms with van der Waals surface area (Å²) in [5.41, 5.74) is 2.54. The van der Waals surface area contributed by atoms with E-state index in [2.05, 4.69) is 0 Å². The molecular formula is C24H22ClNO4S. The Hall–Kier alpha value is -3.09. The fourth-order valence-electron chi connectivity index (χ4n) is 2.97. The van der Waals surface area contributed by atoms with Crippen molar-refractivity contribution in [2.45, 2.75) is 18.7 Å². The van der Waals surface area contributed by atoms with E-state index in [1.54, 1.807) is 56.5 Å². The van der Waals surface area contributed by atoms with Gasteiger partial charge in [0.1, 0.15) is 5.75 Å². The van der Waals surface area contributed by atoms with Crippen LogP contribution in [0.5, 0.6) is 5.75 Å². The molecule has 0 bridgehead atoms. The molecule has 7 heteroatoms. The molecule has 3 aromatic carbocycles. The van der Waals surface area contributed by atoms with E-state index in [4.69, 9.17) is 16.3 Å². The number of hydrogen-bond acceptors (Lipinski definition) is 4. The highest BCUT2D eigenvalue weighted by atomic mass is 35.5. The molecule has 0 spiro atoms. The number of ether oxygens (including phenoxy) is 1. The van der Waals surface area contributed by atoms with Crippen LogP contribution in [-0.4, -0.2) is 21.4 Å². The molecule has 0 radical (unpaired) electrons. The minimum Gasteiger partial charge on any atom is -0.497 e. The summed E-state index contributed by atoms with van der Waals surface area (Å²) in [7, 11) is -2.60. The van der Waals surface area contributed by atoms with Gasteiger partial charge in [-0.3, -0.25) is 4.79 Å². The molecule has 0 aliphatic rings. The Morgan fingerprint density at radius 3 is 2.23 bits per heavy atom. The first kappa shape index (κ1) is 22.6. The van der Waals surface area contributed by atoms with E-state index in [1.165, 1.54) is 30.3 Å². The SMILES string of the molecule is COc1ccc(/C=C/C(=O)N(c2cc(C)ccc2C)S(=O)(=O)c2ccc(Cl)cc2)cc1. The van der Waals surface area contributed by atoms with Crippen LogP contribution in [0.25, 0.3) is 6.08 Å². The molecule has 0 aliphatic carbocycles. The zero-order valence-corrected chi connectivity index (χ0v) is 18.9. The van der Waals surface area contributed by atoms with Crippen LogP contribution in [0.3, 0.4) is 0 Å². The number of amides is 1. The van der Waals surface area contributed by atoms with Crippen molar-refractivity contribution in [1.82, 2.24) is 0 Å². The van der Waals surface area contributed by atoms with Gasteiger partial charge in [-0.25, -0.2) is 8.42 Å². The first-order valence-electron chi connectivity index (χ1n) is 9.46. The van der Waals surface area contributed by atoms with Gasteiger partial charge in [-0.2, -0.15) is 4.31 Å². The first-order chi connectivity index (χ1) is 14.7. The highest BCUT2D eigenvalue weighted by Gasteiger charge is 2.31. The average Bonchev–Trinajstić information content (AvgIpc) is 2.75. The highest BCUT2D eigenvalue weighted by Crippen LogP contribution is 2.29. The standard InChI is InChI=1S/C24H22ClNO4S/c1-17-4-5-18(2)23(16-17)26(31(28,29)22-13-9-20(25)10-14-22)24(27)15-8-19-6-11-21(30-3)12-7-19/h4-16H,1-3H3/b15-8+. The van der Waals surface area contributed by atoms with Crippen molar-refractivity contribution in [2.75, 3.05) is 11.4 Å². The van der Waals surface area contributed by atoms with Gasteiger partial charge >= 0.3 is 0 Å². The molecule has 0 unspecified atom stereocenters. The lowest BCUT2D eigenvalue weighted by molar-refractivity contribution is -0.113. The minimum absolute atomic E-state index is 0.0241. The monoisotopic (exact) mass is 455 g/mol. The van der Waals surface area contributed by atoms with Gasteiger partial charge < -0.3 is 4.74 Å². The van der Waals surface area contributed by atoms with Crippen LogP contribution in [0.1, 0.15) is 16.7 Å². The van der Waals surface area contributed by atoms with Gasteiger partial charge in [-0.15, -0.1) is 0 Å². The van der Waals surface area contributed by atoms with Crippen LogP contribution >= 0.6 is 11.6 Å². The number of carbonyl (C=O) groups is 1. The largest absolute Gasteiger partial charge is 0.497 e. The van der Waals surface area contributed by atoms with Crippen molar-refractivity contribution in [3.63, 3.8) is 0 Å². The smallest absolute Gasteiger partial charge is 0.271 e. The Labute approximate surface area is 187 Å². The molecule has 0 heterocycles. The fourth-order valence-corrected chi connectivity index (χ4v) is 4.54. The molecule has 0 atom stereocenters. The van der Waals surface area contributed by atoms with E-state index in [9.17, 15) is 13.2 Å². The summed E-state index contributed by atoms with van der Waals surface area (Å²) >= 11 is 5.91. The van der Waals surface area contributed by atoms with Crippen LogP contribution in [0, 0.1) is 13.8 Å². The van der Waals surface area contributed by atoms with Crippen molar-refractivity contribution < 1.29 is 17.9 Å². The van der Waals surface area contributed by atoms with E-state index >= 15 is 0 Å². The maximum absolute atomic E-state index is 13.5. The van der Waals surface area contributed by atoms with Gasteiger partial charge in [-0.05, 0) is 79.1 Å². The van der Waals surface area contributed by atoms with Crippen molar-refractivity contribution >= 4 is 39.3 Å². The normalized spacial score (nSPS) is 11.5. The Morgan fingerprint density at radius 2 is 1.61 bits per heavy atom. The summed E-state index contributed by atoms with van der Waals surface area (Å²) < 4.78 is 32.9. The van der Waals surface area contributed by atoms with E-state index in [1.807, 2.05) is 13.0 Å². The van der Waals surface area contributed by atoms with Gasteiger partial charge in [0.15, 0.2) is 0 Å². The Kier molecular flexibility index (Phi) is 6.83. The third-order valence-corrected chi connectivity index (χ3v) is 6.65. The average molecular weight is 456 g/mol. The van der Waals surface area contributed by atoms with E-state index in [0.29, 0.717) is 22.0 Å². The molecule has 1 amide bonds. The number of halogens is 1. The number of aryl methyl sites for hydroxylation is 2. The molecule has 3 rings (SSSR count). The number of nitrogens with zero attached hydrogens (tertiary/aromatic N) is 1. The summed E-state index contributed by atoms with van der Waals surface area (Å²) in [6, 6.07) is 18.1. The van der Waals surface area contributed by atoms with Crippen LogP contribution < -0.4 is 9.04 Å². The lowest BCUT2D eigenvalue weighted by Crippen LogP contribution is -2.36. The molecule has 0 fully saturated rings. The van der Waals surface area contributed by atoms with Gasteiger partial charge in [0.25, 0.3) is 15.9 Å². The van der Waals surface area contributed by atoms with Crippen LogP contribution in [-0.2, 0) is 14.8 Å². The molecule has 0 saturated heterocycles. The van der Waals surface area contributed by atoms with Crippen molar-refractivity contribution in [1.29, 1.82) is 0 Å². The number of methoxy groups -OCH3 is 1. The third-order valence-electron chi connectivity index (χ3n) is 4.67. The number of sulfonamides is 1. The van der Waals surface area contributed by atoms with Crippen LogP contribution in [0.15, 0.2) is 77.7 Å². The molecule has 0 aromatic heterocycles. The molecular weight excluding hydrogens is 434 g/mol. The second-order valence-electron chi connectivity index (χ2n) is 6.96. The van der Waals surface area contributed by atoms with Crippen LogP contribution in [0.4, 0.5) is 5.69 Å². The van der Waals surface area contributed by atoms with Gasteiger partial charge in [0.05, 0.1) is 17.7 Å². The maximum atomic E-state index is 13.5. The highest BCUT2D eigenvalue weighted by molar-refractivity contribution is 7.93.